The number of rotatable bonds is 26. The summed E-state index contributed by atoms with van der Waals surface area (Å²) < 4.78 is 0. The number of nitro groups is 3. The zero-order valence-electron chi connectivity index (χ0n) is 27.3. The minimum absolute atomic E-state index is 0.132. The van der Waals surface area contributed by atoms with Crippen molar-refractivity contribution in [2.45, 2.75) is 127 Å². The average molecular weight is 643 g/mol. The highest BCUT2D eigenvalue weighted by atomic mass is 16.6. The summed E-state index contributed by atoms with van der Waals surface area (Å²) in [6.45, 7) is 5.33. The van der Waals surface area contributed by atoms with E-state index in [2.05, 4.69) is 5.32 Å². The van der Waals surface area contributed by atoms with Gasteiger partial charge in [-0.2, -0.15) is 0 Å². The number of hydrogen-bond donors (Lipinski definition) is 7. The molecule has 0 aliphatic carbocycles. The normalized spacial score (nSPS) is 13.8. The SMILES string of the molecule is CCC(CO)(CCCCCCCCNCC(CC)(CO)[N+](=O)[O-])[N+](=O)[O-].CCC(CO)(CO)[N+](=O)[O-].NCCCCCCN. The van der Waals surface area contributed by atoms with Gasteiger partial charge in [0.2, 0.25) is 5.54 Å². The molecule has 0 aliphatic heterocycles. The van der Waals surface area contributed by atoms with Crippen LogP contribution < -0.4 is 16.8 Å². The van der Waals surface area contributed by atoms with E-state index >= 15 is 0 Å². The first-order chi connectivity index (χ1) is 20.9. The van der Waals surface area contributed by atoms with Crippen LogP contribution in [-0.4, -0.2) is 104 Å². The Morgan fingerprint density at radius 3 is 1.18 bits per heavy atom. The topological polar surface area (TPSA) is 274 Å². The van der Waals surface area contributed by atoms with Gasteiger partial charge in [-0.15, -0.1) is 0 Å². The number of hydrogen-bond acceptors (Lipinski definition) is 13. The van der Waals surface area contributed by atoms with Crippen LogP contribution in [0.15, 0.2) is 0 Å². The maximum absolute atomic E-state index is 11.1. The minimum Gasteiger partial charge on any atom is -0.389 e. The number of aliphatic hydroxyl groups is 4. The lowest BCUT2D eigenvalue weighted by Crippen LogP contribution is -2.50. The largest absolute Gasteiger partial charge is 0.389 e. The van der Waals surface area contributed by atoms with Gasteiger partial charge in [0.1, 0.15) is 26.4 Å². The molecule has 0 aromatic heterocycles. The van der Waals surface area contributed by atoms with E-state index in [4.69, 9.17) is 21.7 Å². The highest BCUT2D eigenvalue weighted by Gasteiger charge is 2.41. The molecule has 16 nitrogen and oxygen atoms in total. The fourth-order valence-corrected chi connectivity index (χ4v) is 4.08. The second-order valence-electron chi connectivity index (χ2n) is 11.2. The molecule has 0 saturated heterocycles. The molecule has 0 aromatic carbocycles. The number of nitrogens with zero attached hydrogens (tertiary/aromatic N) is 3. The predicted octanol–water partition coefficient (Wildman–Crippen LogP) is 2.00. The summed E-state index contributed by atoms with van der Waals surface area (Å²) >= 11 is 0. The van der Waals surface area contributed by atoms with Crippen LogP contribution in [0.2, 0.25) is 0 Å². The van der Waals surface area contributed by atoms with Gasteiger partial charge in [-0.3, -0.25) is 30.3 Å². The van der Waals surface area contributed by atoms with Crippen molar-refractivity contribution in [2.75, 3.05) is 52.6 Å². The number of nitrogens with one attached hydrogen (secondary N) is 1. The van der Waals surface area contributed by atoms with Crippen molar-refractivity contribution < 1.29 is 35.2 Å². The number of aliphatic hydroxyl groups excluding tert-OH is 4. The molecule has 0 radical (unpaired) electrons. The molecule has 0 spiro atoms. The summed E-state index contributed by atoms with van der Waals surface area (Å²) in [5, 5.41) is 71.0. The van der Waals surface area contributed by atoms with Crippen molar-refractivity contribution in [3.8, 4) is 0 Å². The lowest BCUT2D eigenvalue weighted by molar-refractivity contribution is -0.577. The third-order valence-electron chi connectivity index (χ3n) is 8.17. The van der Waals surface area contributed by atoms with Gasteiger partial charge in [0, 0.05) is 40.5 Å². The van der Waals surface area contributed by atoms with Crippen LogP contribution in [0.4, 0.5) is 0 Å². The second-order valence-corrected chi connectivity index (χ2v) is 11.2. The Morgan fingerprint density at radius 1 is 0.545 bits per heavy atom. The Hall–Kier alpha value is -2.08. The molecule has 9 N–H and O–H groups in total. The van der Waals surface area contributed by atoms with Gasteiger partial charge in [0.15, 0.2) is 0 Å². The second kappa shape index (κ2) is 28.4. The van der Waals surface area contributed by atoms with Crippen molar-refractivity contribution in [1.29, 1.82) is 0 Å². The van der Waals surface area contributed by atoms with Crippen LogP contribution in [-0.2, 0) is 0 Å². The third kappa shape index (κ3) is 18.7. The van der Waals surface area contributed by atoms with Crippen LogP contribution >= 0.6 is 0 Å². The summed E-state index contributed by atoms with van der Waals surface area (Å²) in [7, 11) is 0. The zero-order chi connectivity index (χ0) is 34.5. The molecule has 2 unspecified atom stereocenters. The fraction of sp³-hybridized carbons (Fsp3) is 1.00. The van der Waals surface area contributed by atoms with Crippen LogP contribution in [0.3, 0.4) is 0 Å². The van der Waals surface area contributed by atoms with E-state index < -0.39 is 52.9 Å². The maximum atomic E-state index is 11.1. The molecule has 0 saturated carbocycles. The van der Waals surface area contributed by atoms with Gasteiger partial charge >= 0.3 is 0 Å². The summed E-state index contributed by atoms with van der Waals surface area (Å²) in [6, 6.07) is 0. The Balaban J connectivity index is -0.000000758. The van der Waals surface area contributed by atoms with Crippen LogP contribution in [0.25, 0.3) is 0 Å². The molecule has 264 valence electrons. The molecular formula is C28H62N6O10. The zero-order valence-corrected chi connectivity index (χ0v) is 27.3. The highest BCUT2D eigenvalue weighted by molar-refractivity contribution is 4.80. The lowest BCUT2D eigenvalue weighted by atomic mass is 9.91. The highest BCUT2D eigenvalue weighted by Crippen LogP contribution is 2.23. The van der Waals surface area contributed by atoms with E-state index in [9.17, 15) is 40.6 Å². The Kier molecular flexibility index (Phi) is 29.9. The van der Waals surface area contributed by atoms with E-state index in [1.165, 1.54) is 12.8 Å². The summed E-state index contributed by atoms with van der Waals surface area (Å²) in [5.74, 6) is 0. The van der Waals surface area contributed by atoms with E-state index in [1.54, 1.807) is 20.8 Å². The minimum atomic E-state index is -1.54. The summed E-state index contributed by atoms with van der Waals surface area (Å²) in [5.41, 5.74) is 6.53. The molecule has 44 heavy (non-hydrogen) atoms. The maximum Gasteiger partial charge on any atom is 0.267 e. The molecule has 0 bridgehead atoms. The van der Waals surface area contributed by atoms with Gasteiger partial charge in [-0.1, -0.05) is 59.3 Å². The first-order valence-corrected chi connectivity index (χ1v) is 15.9. The fourth-order valence-electron chi connectivity index (χ4n) is 4.08. The van der Waals surface area contributed by atoms with E-state index in [-0.39, 0.29) is 24.3 Å². The van der Waals surface area contributed by atoms with Crippen molar-refractivity contribution in [3.05, 3.63) is 30.3 Å². The molecule has 0 aromatic rings. The third-order valence-corrected chi connectivity index (χ3v) is 8.17. The molecule has 0 amide bonds. The lowest BCUT2D eigenvalue weighted by Gasteiger charge is -2.22. The van der Waals surface area contributed by atoms with Crippen LogP contribution in [0, 0.1) is 30.3 Å². The van der Waals surface area contributed by atoms with Crippen molar-refractivity contribution in [2.24, 2.45) is 11.5 Å². The van der Waals surface area contributed by atoms with Gasteiger partial charge in [-0.25, -0.2) is 0 Å². The molecule has 0 aliphatic rings. The Bertz CT molecular complexity index is 669. The molecule has 0 heterocycles. The standard InChI is InChI=1S/C17H35N3O6.C6H16N2.C5H11NO4/c1-3-16(14-21,19(23)24)11-9-7-5-6-8-10-12-18-13-17(4-2,15-22)20(25)26;7-5-3-1-2-4-6-8;1-2-5(3-7,4-8)6(9)10/h18,21-22H,3-15H2,1-2H3;1-8H2;7-8H,2-4H2,1H3. The van der Waals surface area contributed by atoms with E-state index in [0.29, 0.717) is 19.4 Å². The predicted molar refractivity (Wildman–Crippen MR) is 170 cm³/mol. The van der Waals surface area contributed by atoms with E-state index in [1.807, 2.05) is 0 Å². The first-order valence-electron chi connectivity index (χ1n) is 15.9. The van der Waals surface area contributed by atoms with Gasteiger partial charge in [0.05, 0.1) is 6.54 Å². The van der Waals surface area contributed by atoms with Crippen LogP contribution in [0.1, 0.15) is 111 Å². The molecule has 2 atom stereocenters. The van der Waals surface area contributed by atoms with E-state index in [0.717, 1.165) is 64.5 Å². The molecule has 16 heteroatoms. The number of unbranched alkanes of at least 4 members (excludes halogenated alkanes) is 8. The van der Waals surface area contributed by atoms with Crippen LogP contribution in [0.5, 0.6) is 0 Å². The Morgan fingerprint density at radius 2 is 0.886 bits per heavy atom. The monoisotopic (exact) mass is 642 g/mol. The summed E-state index contributed by atoms with van der Waals surface area (Å²) in [4.78, 5) is 30.9. The average Bonchev–Trinajstić information content (AvgIpc) is 3.02. The van der Waals surface area contributed by atoms with Crippen molar-refractivity contribution in [3.63, 3.8) is 0 Å². The van der Waals surface area contributed by atoms with Crippen molar-refractivity contribution in [1.82, 2.24) is 5.32 Å². The molecule has 0 fully saturated rings. The Labute approximate surface area is 262 Å². The first kappa shape index (κ1) is 46.3. The number of nitrogens with two attached hydrogens (primary N) is 2. The van der Waals surface area contributed by atoms with Crippen molar-refractivity contribution >= 4 is 0 Å². The van der Waals surface area contributed by atoms with Gasteiger partial charge in [-0.05, 0) is 45.3 Å². The van der Waals surface area contributed by atoms with Gasteiger partial charge in [0.25, 0.3) is 11.1 Å². The quantitative estimate of drug-likeness (QED) is 0.0404. The molecular weight excluding hydrogens is 580 g/mol. The smallest absolute Gasteiger partial charge is 0.267 e. The van der Waals surface area contributed by atoms with Gasteiger partial charge < -0.3 is 37.2 Å². The molecule has 0 rings (SSSR count). The summed E-state index contributed by atoms with van der Waals surface area (Å²) in [6.07, 6.45) is 11.4.